The summed E-state index contributed by atoms with van der Waals surface area (Å²) in [6.45, 7) is -0.669. The molecule has 12 heavy (non-hydrogen) atoms. The van der Waals surface area contributed by atoms with Crippen LogP contribution in [0.15, 0.2) is 11.5 Å². The Morgan fingerprint density at radius 1 is 1.75 bits per heavy atom. The molecular formula is C6H8O6. The second kappa shape index (κ2) is 3.00. The van der Waals surface area contributed by atoms with E-state index in [2.05, 4.69) is 9.85 Å². The van der Waals surface area contributed by atoms with Gasteiger partial charge in [0, 0.05) is 0 Å². The Hall–Kier alpha value is -1.27. The monoisotopic (exact) mass is 177 g/mol. The average Bonchev–Trinajstić information content (AvgIpc) is 2.42. The Kier molecular flexibility index (Phi) is 1.84. The molecule has 0 saturated carbocycles. The number of aliphatic hydroxyl groups is 4. The fourth-order valence-corrected chi connectivity index (χ4v) is 0.809. The quantitative estimate of drug-likeness (QED) is 0.394. The van der Waals surface area contributed by atoms with Gasteiger partial charge in [-0.15, -0.1) is 0 Å². The van der Waals surface area contributed by atoms with Crippen LogP contribution in [0, 0.1) is 0 Å². The second-order valence-corrected chi connectivity index (χ2v) is 2.29. The summed E-state index contributed by atoms with van der Waals surface area (Å²) < 4.78 is 10.9. The number of hydrogen-bond donors (Lipinski definition) is 4. The van der Waals surface area contributed by atoms with Crippen molar-refractivity contribution in [1.82, 2.24) is 0 Å². The van der Waals surface area contributed by atoms with Crippen molar-refractivity contribution in [3.63, 3.8) is 0 Å². The molecule has 1 aliphatic heterocycles. The minimum absolute atomic E-state index is 0.494. The van der Waals surface area contributed by atoms with Crippen LogP contribution >= 0.6 is 0 Å². The zero-order chi connectivity index (χ0) is 10.0. The van der Waals surface area contributed by atoms with Gasteiger partial charge in [0.2, 0.25) is 5.76 Å². The maximum atomic E-state index is 10.7. The van der Waals surface area contributed by atoms with Crippen molar-refractivity contribution in [2.45, 2.75) is 12.2 Å². The van der Waals surface area contributed by atoms with Gasteiger partial charge in [-0.3, -0.25) is 0 Å². The SMILES string of the molecule is [2H]OC1=C(O)C(=O)O[C@@H]1[C@@H](O)CO. The molecular weight excluding hydrogens is 168 g/mol. The predicted molar refractivity (Wildman–Crippen MR) is 35.3 cm³/mol. The first-order chi connectivity index (χ1) is 6.11. The van der Waals surface area contributed by atoms with E-state index in [9.17, 15) is 4.79 Å². The average molecular weight is 177 g/mol. The van der Waals surface area contributed by atoms with Crippen molar-refractivity contribution >= 4 is 5.97 Å². The largest absolute Gasteiger partial charge is 0.505 e. The molecule has 0 saturated heterocycles. The maximum absolute atomic E-state index is 10.7. The number of hydrogen-bond acceptors (Lipinski definition) is 6. The van der Waals surface area contributed by atoms with E-state index in [4.69, 9.17) is 16.8 Å². The molecule has 1 rings (SSSR count). The van der Waals surface area contributed by atoms with Crippen LogP contribution in [-0.4, -0.2) is 45.2 Å². The van der Waals surface area contributed by atoms with Gasteiger partial charge in [0.1, 0.15) is 6.10 Å². The Bertz CT molecular complexity index is 250. The lowest BCUT2D eigenvalue weighted by atomic mass is 10.2. The van der Waals surface area contributed by atoms with E-state index in [0.717, 1.165) is 0 Å². The number of carbonyl (C=O) groups is 1. The summed E-state index contributed by atoms with van der Waals surface area (Å²) in [4.78, 5) is 10.7. The minimum atomic E-state index is -1.41. The van der Waals surface area contributed by atoms with Crippen LogP contribution in [0.2, 0.25) is 0 Å². The lowest BCUT2D eigenvalue weighted by Crippen LogP contribution is -2.31. The van der Waals surface area contributed by atoms with E-state index in [1.807, 2.05) is 0 Å². The first-order valence-corrected chi connectivity index (χ1v) is 3.18. The van der Waals surface area contributed by atoms with E-state index in [1.165, 1.54) is 0 Å². The molecule has 0 unspecified atom stereocenters. The van der Waals surface area contributed by atoms with Gasteiger partial charge in [0.25, 0.3) is 1.43 Å². The molecule has 2 atom stereocenters. The van der Waals surface area contributed by atoms with Gasteiger partial charge >= 0.3 is 5.97 Å². The highest BCUT2D eigenvalue weighted by molar-refractivity contribution is 5.89. The Labute approximate surface area is 68.8 Å². The summed E-state index contributed by atoms with van der Waals surface area (Å²) in [6.07, 6.45) is -2.72. The molecule has 0 aliphatic carbocycles. The van der Waals surface area contributed by atoms with Crippen molar-refractivity contribution in [1.29, 1.82) is 1.43 Å². The molecule has 6 heteroatoms. The van der Waals surface area contributed by atoms with Gasteiger partial charge in [-0.25, -0.2) is 4.79 Å². The highest BCUT2D eigenvalue weighted by Gasteiger charge is 2.38. The number of carbonyl (C=O) groups excluding carboxylic acids is 1. The number of cyclic esters (lactones) is 1. The topological polar surface area (TPSA) is 107 Å². The van der Waals surface area contributed by atoms with Crippen LogP contribution in [0.3, 0.4) is 0 Å². The standard InChI is InChI=1S/C6H8O6/c7-1-2(8)5-3(9)4(10)6(11)12-5/h2,5,7-10H,1H2/t2-,5+/m0/s1/i/hD. The lowest BCUT2D eigenvalue weighted by molar-refractivity contribution is -0.147. The molecule has 0 amide bonds. The summed E-state index contributed by atoms with van der Waals surface area (Å²) in [7, 11) is 0. The molecule has 0 fully saturated rings. The van der Waals surface area contributed by atoms with Crippen LogP contribution < -0.4 is 0 Å². The molecule has 0 bridgehead atoms. The normalized spacial score (nSPS) is 26.7. The van der Waals surface area contributed by atoms with Crippen LogP contribution in [-0.2, 0) is 9.53 Å². The molecule has 4 N–H and O–H groups in total. The Morgan fingerprint density at radius 2 is 2.42 bits per heavy atom. The number of aliphatic hydroxyl groups excluding tert-OH is 4. The molecule has 6 nitrogen and oxygen atoms in total. The van der Waals surface area contributed by atoms with Gasteiger partial charge in [-0.1, -0.05) is 0 Å². The third-order valence-electron chi connectivity index (χ3n) is 1.46. The van der Waals surface area contributed by atoms with E-state index in [0.29, 0.717) is 0 Å². The van der Waals surface area contributed by atoms with Crippen molar-refractivity contribution < 1.29 is 30.0 Å². The summed E-state index contributed by atoms with van der Waals surface area (Å²) in [5, 5.41) is 30.4. The number of rotatable bonds is 3. The predicted octanol–water partition coefficient (Wildman–Crippen LogP) is -1.41. The van der Waals surface area contributed by atoms with Crippen LogP contribution in [0.1, 0.15) is 0 Å². The Morgan fingerprint density at radius 3 is 2.92 bits per heavy atom. The van der Waals surface area contributed by atoms with E-state index in [1.54, 1.807) is 0 Å². The highest BCUT2D eigenvalue weighted by Crippen LogP contribution is 2.20. The third kappa shape index (κ3) is 1.21. The summed E-state index contributed by atoms with van der Waals surface area (Å²) in [5.41, 5.74) is 0. The smallest absolute Gasteiger partial charge is 0.377 e. The summed E-state index contributed by atoms with van der Waals surface area (Å²) in [6, 6.07) is 0. The molecule has 0 aromatic carbocycles. The van der Waals surface area contributed by atoms with Gasteiger partial charge in [0.15, 0.2) is 11.9 Å². The number of esters is 1. The highest BCUT2D eigenvalue weighted by atomic mass is 16.6. The minimum Gasteiger partial charge on any atom is -0.505 e. The van der Waals surface area contributed by atoms with E-state index < -0.39 is 36.3 Å². The molecule has 0 spiro atoms. The van der Waals surface area contributed by atoms with Crippen LogP contribution in [0.5, 0.6) is 0 Å². The molecule has 1 aliphatic rings. The lowest BCUT2D eigenvalue weighted by Gasteiger charge is -2.13. The van der Waals surface area contributed by atoms with Crippen molar-refractivity contribution in [3.8, 4) is 0 Å². The molecule has 0 radical (unpaired) electrons. The van der Waals surface area contributed by atoms with Gasteiger partial charge in [-0.2, -0.15) is 0 Å². The fourth-order valence-electron chi connectivity index (χ4n) is 0.809. The van der Waals surface area contributed by atoms with Crippen molar-refractivity contribution in [2.75, 3.05) is 6.61 Å². The maximum Gasteiger partial charge on any atom is 0.377 e. The van der Waals surface area contributed by atoms with Crippen molar-refractivity contribution in [3.05, 3.63) is 11.5 Å². The molecule has 1 heterocycles. The first kappa shape index (κ1) is 7.38. The van der Waals surface area contributed by atoms with E-state index >= 15 is 0 Å². The van der Waals surface area contributed by atoms with Gasteiger partial charge < -0.3 is 25.2 Å². The molecule has 0 aromatic heterocycles. The molecule has 0 aromatic rings. The first-order valence-electron chi connectivity index (χ1n) is 3.58. The van der Waals surface area contributed by atoms with E-state index in [-0.39, 0.29) is 0 Å². The van der Waals surface area contributed by atoms with Crippen molar-refractivity contribution in [2.24, 2.45) is 0 Å². The Balaban J connectivity index is 2.86. The van der Waals surface area contributed by atoms with Crippen LogP contribution in [0.4, 0.5) is 0 Å². The zero-order valence-electron chi connectivity index (χ0n) is 6.93. The van der Waals surface area contributed by atoms with Crippen LogP contribution in [0.25, 0.3) is 1.43 Å². The third-order valence-corrected chi connectivity index (χ3v) is 1.46. The fraction of sp³-hybridized carbons (Fsp3) is 0.500. The summed E-state index contributed by atoms with van der Waals surface area (Å²) in [5.74, 6) is -2.43. The zero-order valence-corrected chi connectivity index (χ0v) is 5.93. The van der Waals surface area contributed by atoms with Gasteiger partial charge in [-0.05, 0) is 0 Å². The second-order valence-electron chi connectivity index (χ2n) is 2.29. The molecule has 68 valence electrons. The number of ether oxygens (including phenoxy) is 1. The van der Waals surface area contributed by atoms with Gasteiger partial charge in [0.05, 0.1) is 6.61 Å². The summed E-state index contributed by atoms with van der Waals surface area (Å²) >= 11 is 0.